The highest BCUT2D eigenvalue weighted by molar-refractivity contribution is 9.10. The predicted octanol–water partition coefficient (Wildman–Crippen LogP) is 8.45. The summed E-state index contributed by atoms with van der Waals surface area (Å²) in [5.74, 6) is 6.62. The first kappa shape index (κ1) is 31.7. The number of unbranched alkanes of at least 4 members (excludes halogenated alkanes) is 1. The second-order valence-electron chi connectivity index (χ2n) is 10.9. The van der Waals surface area contributed by atoms with Gasteiger partial charge in [0, 0.05) is 25.5 Å². The molecule has 3 aromatic carbocycles. The molecule has 0 bridgehead atoms. The van der Waals surface area contributed by atoms with Crippen molar-refractivity contribution in [2.75, 3.05) is 0 Å². The summed E-state index contributed by atoms with van der Waals surface area (Å²) >= 11 is 6.99. The van der Waals surface area contributed by atoms with Crippen molar-refractivity contribution in [2.45, 2.75) is 73.1 Å². The summed E-state index contributed by atoms with van der Waals surface area (Å²) in [6.07, 6.45) is 3.45. The lowest BCUT2D eigenvalue weighted by molar-refractivity contribution is 0.0953. The van der Waals surface area contributed by atoms with E-state index in [4.69, 9.17) is 10.9 Å². The lowest BCUT2D eigenvalue weighted by Gasteiger charge is -2.25. The number of hydrogen-bond acceptors (Lipinski definition) is 4. The number of nitrogen functional groups attached to an aromatic ring is 1. The average molecular weight is 670 g/mol. The minimum atomic E-state index is -0.282. The predicted molar refractivity (Wildman–Crippen MR) is 172 cm³/mol. The molecule has 0 saturated carbocycles. The van der Waals surface area contributed by atoms with E-state index in [0.717, 1.165) is 43.8 Å². The zero-order chi connectivity index (χ0) is 29.6. The zero-order valence-electron chi connectivity index (χ0n) is 24.4. The first-order valence-electron chi connectivity index (χ1n) is 13.5. The minimum Gasteiger partial charge on any atom is -0.290 e. The third-order valence-corrected chi connectivity index (χ3v) is 8.72. The molecule has 212 valence electrons. The fourth-order valence-electron chi connectivity index (χ4n) is 4.47. The summed E-state index contributed by atoms with van der Waals surface area (Å²) in [5, 5.41) is 9.37. The Bertz CT molecular complexity index is 1490. The Morgan fingerprint density at radius 3 is 2.12 bits per heavy atom. The number of aromatic nitrogens is 3. The van der Waals surface area contributed by atoms with Gasteiger partial charge in [0.05, 0.1) is 5.69 Å². The molecule has 1 amide bonds. The molecule has 0 aliphatic rings. The molecule has 0 fully saturated rings. The molecule has 3 N–H and O–H groups in total. The van der Waals surface area contributed by atoms with Crippen LogP contribution in [-0.2, 0) is 5.41 Å². The van der Waals surface area contributed by atoms with Crippen LogP contribution >= 0.6 is 31.9 Å². The van der Waals surface area contributed by atoms with Gasteiger partial charge in [0.15, 0.2) is 5.82 Å². The van der Waals surface area contributed by atoms with Crippen LogP contribution in [0.15, 0.2) is 63.5 Å². The van der Waals surface area contributed by atoms with Crippen LogP contribution in [0.25, 0.3) is 17.1 Å². The second kappa shape index (κ2) is 13.7. The Kier molecular flexibility index (Phi) is 10.9. The Morgan fingerprint density at radius 2 is 1.55 bits per heavy atom. The van der Waals surface area contributed by atoms with Crippen LogP contribution in [0.5, 0.6) is 0 Å². The summed E-state index contributed by atoms with van der Waals surface area (Å²) in [4.78, 5) is 11.0. The van der Waals surface area contributed by atoms with Gasteiger partial charge in [0.1, 0.15) is 5.82 Å². The van der Waals surface area contributed by atoms with Gasteiger partial charge in [-0.1, -0.05) is 101 Å². The molecule has 4 rings (SSSR count). The van der Waals surface area contributed by atoms with Gasteiger partial charge in [0.25, 0.3) is 5.91 Å². The second-order valence-corrected chi connectivity index (χ2v) is 12.6. The maximum Gasteiger partial charge on any atom is 0.265 e. The summed E-state index contributed by atoms with van der Waals surface area (Å²) in [6, 6.07) is 18.3. The first-order chi connectivity index (χ1) is 18.9. The van der Waals surface area contributed by atoms with Crippen LogP contribution in [0.2, 0.25) is 0 Å². The Labute approximate surface area is 255 Å². The molecule has 0 radical (unpaired) electrons. The van der Waals surface area contributed by atoms with Gasteiger partial charge in [-0.15, -0.1) is 10.2 Å². The van der Waals surface area contributed by atoms with Crippen molar-refractivity contribution in [1.82, 2.24) is 20.2 Å². The van der Waals surface area contributed by atoms with E-state index in [9.17, 15) is 4.79 Å². The number of aryl methyl sites for hydroxylation is 4. The van der Waals surface area contributed by atoms with Crippen molar-refractivity contribution in [2.24, 2.45) is 5.84 Å². The highest BCUT2D eigenvalue weighted by atomic mass is 79.9. The molecule has 8 heteroatoms. The number of carbonyl (C=O) groups is 1. The number of carbonyl (C=O) groups excluding carboxylic acids is 1. The number of nitrogens with two attached hydrogens (primary N) is 1. The van der Waals surface area contributed by atoms with E-state index >= 15 is 0 Å². The monoisotopic (exact) mass is 667 g/mol. The maximum atomic E-state index is 11.0. The third kappa shape index (κ3) is 7.47. The van der Waals surface area contributed by atoms with Crippen LogP contribution in [0, 0.1) is 27.7 Å². The van der Waals surface area contributed by atoms with E-state index in [1.807, 2.05) is 13.0 Å². The van der Waals surface area contributed by atoms with Crippen molar-refractivity contribution >= 4 is 37.8 Å². The number of benzene rings is 3. The molecule has 0 atom stereocenters. The van der Waals surface area contributed by atoms with Gasteiger partial charge in [-0.2, -0.15) is 0 Å². The van der Waals surface area contributed by atoms with E-state index in [2.05, 4.69) is 125 Å². The van der Waals surface area contributed by atoms with Gasteiger partial charge in [-0.05, 0) is 75.1 Å². The molecule has 6 nitrogen and oxygen atoms in total. The quantitative estimate of drug-likeness (QED) is 0.118. The molecule has 0 spiro atoms. The molecular formula is C32H39Br2N5O. The van der Waals surface area contributed by atoms with Crippen LogP contribution in [0.4, 0.5) is 0 Å². The molecule has 1 heterocycles. The molecule has 1 aromatic heterocycles. The van der Waals surface area contributed by atoms with Gasteiger partial charge in [0.2, 0.25) is 0 Å². The molecule has 40 heavy (non-hydrogen) atoms. The zero-order valence-corrected chi connectivity index (χ0v) is 27.6. The molecular weight excluding hydrogens is 630 g/mol. The van der Waals surface area contributed by atoms with Crippen LogP contribution in [-0.4, -0.2) is 20.7 Å². The third-order valence-electron chi connectivity index (χ3n) is 7.01. The standard InChI is InChI=1S/C24H30BrN3.C8H9BrN2O/c1-7-8-13-24(5,6)23-27-26-22(19-11-10-17(3)20(25)15-19)28(23)21-12-9-16(2)14-18(21)4;1-5-2-3-6(4-7(5)9)8(12)11-10/h9-12,14-15H,7-8,13H2,1-6H3;2-4H,10H2,1H3,(H,11,12). The number of amides is 1. The minimum absolute atomic E-state index is 0.0550. The lowest BCUT2D eigenvalue weighted by atomic mass is 9.86. The van der Waals surface area contributed by atoms with Gasteiger partial charge < -0.3 is 0 Å². The summed E-state index contributed by atoms with van der Waals surface area (Å²) in [5.41, 5.74) is 9.59. The van der Waals surface area contributed by atoms with Gasteiger partial charge in [-0.25, -0.2) is 5.84 Å². The molecule has 0 aliphatic heterocycles. The first-order valence-corrected chi connectivity index (χ1v) is 15.0. The van der Waals surface area contributed by atoms with Gasteiger partial charge >= 0.3 is 0 Å². The van der Waals surface area contributed by atoms with Crippen molar-refractivity contribution in [3.63, 3.8) is 0 Å². The average Bonchev–Trinajstić information content (AvgIpc) is 3.36. The number of rotatable bonds is 7. The normalized spacial score (nSPS) is 11.2. The van der Waals surface area contributed by atoms with Crippen molar-refractivity contribution in [3.8, 4) is 17.1 Å². The molecule has 0 aliphatic carbocycles. The van der Waals surface area contributed by atoms with Crippen molar-refractivity contribution < 1.29 is 4.79 Å². The van der Waals surface area contributed by atoms with E-state index in [0.29, 0.717) is 5.56 Å². The Hall–Kier alpha value is -2.81. The van der Waals surface area contributed by atoms with Crippen molar-refractivity contribution in [1.29, 1.82) is 0 Å². The highest BCUT2D eigenvalue weighted by Crippen LogP contribution is 2.35. The largest absolute Gasteiger partial charge is 0.290 e. The van der Waals surface area contributed by atoms with E-state index in [-0.39, 0.29) is 11.3 Å². The highest BCUT2D eigenvalue weighted by Gasteiger charge is 2.30. The van der Waals surface area contributed by atoms with E-state index in [1.54, 1.807) is 12.1 Å². The summed E-state index contributed by atoms with van der Waals surface area (Å²) < 4.78 is 4.26. The number of nitrogens with one attached hydrogen (secondary N) is 1. The number of hydrazine groups is 1. The van der Waals surface area contributed by atoms with E-state index in [1.165, 1.54) is 29.5 Å². The molecule has 0 unspecified atom stereocenters. The fourth-order valence-corrected chi connectivity index (χ4v) is 5.23. The maximum absolute atomic E-state index is 11.0. The summed E-state index contributed by atoms with van der Waals surface area (Å²) in [6.45, 7) is 15.1. The summed E-state index contributed by atoms with van der Waals surface area (Å²) in [7, 11) is 0. The topological polar surface area (TPSA) is 85.8 Å². The van der Waals surface area contributed by atoms with Crippen molar-refractivity contribution in [3.05, 3.63) is 97.2 Å². The lowest BCUT2D eigenvalue weighted by Crippen LogP contribution is -2.29. The number of nitrogens with zero attached hydrogens (tertiary/aromatic N) is 3. The molecule has 4 aromatic rings. The Balaban J connectivity index is 0.000000307. The SMILES string of the molecule is CCCCC(C)(C)c1nnc(-c2ccc(C)c(Br)c2)n1-c1ccc(C)cc1C.Cc1ccc(C(=O)NN)cc1Br. The van der Waals surface area contributed by atoms with Crippen LogP contribution in [0.3, 0.4) is 0 Å². The molecule has 0 saturated heterocycles. The van der Waals surface area contributed by atoms with Crippen LogP contribution in [0.1, 0.15) is 78.5 Å². The van der Waals surface area contributed by atoms with Crippen LogP contribution < -0.4 is 11.3 Å². The van der Waals surface area contributed by atoms with E-state index < -0.39 is 0 Å². The fraction of sp³-hybridized carbons (Fsp3) is 0.344. The number of hydrogen-bond donors (Lipinski definition) is 2. The number of halogens is 2. The van der Waals surface area contributed by atoms with Gasteiger partial charge in [-0.3, -0.25) is 14.8 Å². The smallest absolute Gasteiger partial charge is 0.265 e. The Morgan fingerprint density at radius 1 is 0.900 bits per heavy atom.